The highest BCUT2D eigenvalue weighted by molar-refractivity contribution is 5.27. The van der Waals surface area contributed by atoms with Crippen molar-refractivity contribution in [3.63, 3.8) is 0 Å². The maximum absolute atomic E-state index is 13.0. The van der Waals surface area contributed by atoms with Crippen LogP contribution < -0.4 is 4.74 Å². The number of rotatable bonds is 5. The molecule has 2 aromatic rings. The van der Waals surface area contributed by atoms with Crippen molar-refractivity contribution in [2.24, 2.45) is 0 Å². The van der Waals surface area contributed by atoms with Gasteiger partial charge in [0.1, 0.15) is 11.6 Å². The molecule has 4 heteroatoms. The van der Waals surface area contributed by atoms with Crippen molar-refractivity contribution in [1.29, 1.82) is 0 Å². The number of ether oxygens (including phenoxy) is 1. The quantitative estimate of drug-likeness (QED) is 0.899. The second-order valence-corrected chi connectivity index (χ2v) is 4.41. The van der Waals surface area contributed by atoms with Crippen LogP contribution in [0.1, 0.15) is 23.7 Å². The van der Waals surface area contributed by atoms with Gasteiger partial charge in [-0.1, -0.05) is 12.1 Å². The predicted molar refractivity (Wildman–Crippen MR) is 70.4 cm³/mol. The zero-order valence-corrected chi connectivity index (χ0v) is 10.7. The molecule has 0 amide bonds. The average molecular weight is 261 g/mol. The Labute approximate surface area is 111 Å². The largest absolute Gasteiger partial charge is 0.493 e. The lowest BCUT2D eigenvalue weighted by Gasteiger charge is -2.12. The molecule has 1 aromatic heterocycles. The fourth-order valence-corrected chi connectivity index (χ4v) is 1.77. The topological polar surface area (TPSA) is 42.4 Å². The normalized spacial score (nSPS) is 12.2. The predicted octanol–water partition coefficient (Wildman–Crippen LogP) is 3.03. The van der Waals surface area contributed by atoms with Crippen LogP contribution in [0.3, 0.4) is 0 Å². The van der Waals surface area contributed by atoms with Gasteiger partial charge in [0.05, 0.1) is 18.9 Å². The summed E-state index contributed by atoms with van der Waals surface area (Å²) in [6.07, 6.45) is 2.19. The smallest absolute Gasteiger partial charge is 0.141 e. The van der Waals surface area contributed by atoms with E-state index in [1.807, 2.05) is 31.2 Å². The number of halogens is 1. The first kappa shape index (κ1) is 13.5. The number of hydrogen-bond acceptors (Lipinski definition) is 3. The van der Waals surface area contributed by atoms with Gasteiger partial charge in [0.25, 0.3) is 0 Å². The molecule has 0 radical (unpaired) electrons. The standard InChI is InChI=1S/C15H16FNO2/c1-11-3-2-4-14(7-11)19-6-5-15(18)12-8-13(16)10-17-9-12/h2-4,7-10,15,18H,5-6H2,1H3. The van der Waals surface area contributed by atoms with Gasteiger partial charge < -0.3 is 9.84 Å². The summed E-state index contributed by atoms with van der Waals surface area (Å²) < 4.78 is 18.5. The maximum Gasteiger partial charge on any atom is 0.141 e. The highest BCUT2D eigenvalue weighted by Crippen LogP contribution is 2.18. The van der Waals surface area contributed by atoms with E-state index in [4.69, 9.17) is 4.74 Å². The van der Waals surface area contributed by atoms with Gasteiger partial charge in [0.15, 0.2) is 0 Å². The number of hydrogen-bond donors (Lipinski definition) is 1. The average Bonchev–Trinajstić information content (AvgIpc) is 2.38. The van der Waals surface area contributed by atoms with E-state index in [0.717, 1.165) is 17.5 Å². The van der Waals surface area contributed by atoms with Crippen molar-refractivity contribution in [2.75, 3.05) is 6.61 Å². The maximum atomic E-state index is 13.0. The third kappa shape index (κ3) is 4.03. The van der Waals surface area contributed by atoms with Crippen molar-refractivity contribution >= 4 is 0 Å². The van der Waals surface area contributed by atoms with Gasteiger partial charge in [-0.3, -0.25) is 4.98 Å². The molecule has 1 heterocycles. The zero-order chi connectivity index (χ0) is 13.7. The summed E-state index contributed by atoms with van der Waals surface area (Å²) in [4.78, 5) is 3.71. The Morgan fingerprint density at radius 2 is 2.16 bits per heavy atom. The molecule has 2 rings (SSSR count). The molecule has 0 saturated carbocycles. The fraction of sp³-hybridized carbons (Fsp3) is 0.267. The van der Waals surface area contributed by atoms with E-state index in [-0.39, 0.29) is 0 Å². The van der Waals surface area contributed by atoms with Crippen LogP contribution in [0.5, 0.6) is 5.75 Å². The molecule has 19 heavy (non-hydrogen) atoms. The molecule has 0 spiro atoms. The van der Waals surface area contributed by atoms with Crippen LogP contribution in [-0.4, -0.2) is 16.7 Å². The Kier molecular flexibility index (Phi) is 4.47. The van der Waals surface area contributed by atoms with E-state index < -0.39 is 11.9 Å². The Morgan fingerprint density at radius 3 is 2.89 bits per heavy atom. The minimum Gasteiger partial charge on any atom is -0.493 e. The first-order chi connectivity index (χ1) is 9.15. The minimum absolute atomic E-state index is 0.362. The summed E-state index contributed by atoms with van der Waals surface area (Å²) >= 11 is 0. The Balaban J connectivity index is 1.85. The summed E-state index contributed by atoms with van der Waals surface area (Å²) in [6, 6.07) is 8.97. The van der Waals surface area contributed by atoms with Crippen molar-refractivity contribution in [1.82, 2.24) is 4.98 Å². The van der Waals surface area contributed by atoms with Gasteiger partial charge in [-0.2, -0.15) is 0 Å². The molecule has 0 bridgehead atoms. The lowest BCUT2D eigenvalue weighted by Crippen LogP contribution is -2.06. The number of aromatic nitrogens is 1. The summed E-state index contributed by atoms with van der Waals surface area (Å²) in [5.74, 6) is 0.320. The van der Waals surface area contributed by atoms with Crippen LogP contribution in [0, 0.1) is 12.7 Å². The molecule has 100 valence electrons. The third-order valence-corrected chi connectivity index (χ3v) is 2.76. The molecule has 0 saturated heterocycles. The second-order valence-electron chi connectivity index (χ2n) is 4.41. The first-order valence-corrected chi connectivity index (χ1v) is 6.13. The summed E-state index contributed by atoms with van der Waals surface area (Å²) in [7, 11) is 0. The van der Waals surface area contributed by atoms with Crippen LogP contribution in [0.25, 0.3) is 0 Å². The van der Waals surface area contributed by atoms with E-state index >= 15 is 0 Å². The van der Waals surface area contributed by atoms with Gasteiger partial charge in [0, 0.05) is 18.2 Å². The van der Waals surface area contributed by atoms with Crippen LogP contribution in [-0.2, 0) is 0 Å². The lowest BCUT2D eigenvalue weighted by molar-refractivity contribution is 0.140. The molecule has 1 N–H and O–H groups in total. The summed E-state index contributed by atoms with van der Waals surface area (Å²) in [6.45, 7) is 2.35. The van der Waals surface area contributed by atoms with Crippen LogP contribution in [0.15, 0.2) is 42.7 Å². The first-order valence-electron chi connectivity index (χ1n) is 6.13. The lowest BCUT2D eigenvalue weighted by atomic mass is 10.1. The van der Waals surface area contributed by atoms with Crippen molar-refractivity contribution in [3.8, 4) is 5.75 Å². The van der Waals surface area contributed by atoms with Crippen molar-refractivity contribution < 1.29 is 14.2 Å². The van der Waals surface area contributed by atoms with E-state index in [2.05, 4.69) is 4.98 Å². The molecule has 1 atom stereocenters. The van der Waals surface area contributed by atoms with Gasteiger partial charge in [-0.15, -0.1) is 0 Å². The van der Waals surface area contributed by atoms with E-state index in [1.54, 1.807) is 0 Å². The molecule has 0 aliphatic carbocycles. The number of aliphatic hydroxyl groups excluding tert-OH is 1. The molecular formula is C15H16FNO2. The second kappa shape index (κ2) is 6.29. The Hall–Kier alpha value is -1.94. The highest BCUT2D eigenvalue weighted by atomic mass is 19.1. The number of benzene rings is 1. The number of aliphatic hydroxyl groups is 1. The Morgan fingerprint density at radius 1 is 1.32 bits per heavy atom. The Bertz CT molecular complexity index is 545. The molecule has 1 aromatic carbocycles. The molecule has 0 fully saturated rings. The molecule has 1 unspecified atom stereocenters. The summed E-state index contributed by atoms with van der Waals surface area (Å²) in [5, 5.41) is 9.89. The number of aryl methyl sites for hydroxylation is 1. The third-order valence-electron chi connectivity index (χ3n) is 2.76. The van der Waals surface area contributed by atoms with Crippen LogP contribution in [0.2, 0.25) is 0 Å². The van der Waals surface area contributed by atoms with E-state index in [0.29, 0.717) is 18.6 Å². The van der Waals surface area contributed by atoms with Gasteiger partial charge in [-0.05, 0) is 30.7 Å². The molecule has 0 aliphatic heterocycles. The van der Waals surface area contributed by atoms with Gasteiger partial charge in [0.2, 0.25) is 0 Å². The number of pyridine rings is 1. The van der Waals surface area contributed by atoms with Crippen LogP contribution in [0.4, 0.5) is 4.39 Å². The van der Waals surface area contributed by atoms with Crippen molar-refractivity contribution in [2.45, 2.75) is 19.4 Å². The van der Waals surface area contributed by atoms with Gasteiger partial charge in [-0.25, -0.2) is 4.39 Å². The molecular weight excluding hydrogens is 245 g/mol. The molecule has 0 aliphatic rings. The highest BCUT2D eigenvalue weighted by Gasteiger charge is 2.09. The monoisotopic (exact) mass is 261 g/mol. The minimum atomic E-state index is -0.770. The van der Waals surface area contributed by atoms with E-state index in [9.17, 15) is 9.50 Å². The van der Waals surface area contributed by atoms with Gasteiger partial charge >= 0.3 is 0 Å². The van der Waals surface area contributed by atoms with E-state index in [1.165, 1.54) is 12.3 Å². The van der Waals surface area contributed by atoms with Crippen molar-refractivity contribution in [3.05, 3.63) is 59.7 Å². The summed E-state index contributed by atoms with van der Waals surface area (Å²) in [5.41, 5.74) is 1.58. The zero-order valence-electron chi connectivity index (χ0n) is 10.7. The van der Waals surface area contributed by atoms with Crippen LogP contribution >= 0.6 is 0 Å². The number of nitrogens with zero attached hydrogens (tertiary/aromatic N) is 1. The fourth-order valence-electron chi connectivity index (χ4n) is 1.77. The molecule has 3 nitrogen and oxygen atoms in total. The SMILES string of the molecule is Cc1cccc(OCCC(O)c2cncc(F)c2)c1.